The maximum absolute atomic E-state index is 11.7. The van der Waals surface area contributed by atoms with Crippen molar-refractivity contribution in [1.29, 1.82) is 0 Å². The first-order chi connectivity index (χ1) is 11.9. The fourth-order valence-electron chi connectivity index (χ4n) is 2.57. The Labute approximate surface area is 157 Å². The van der Waals surface area contributed by atoms with E-state index in [1.807, 2.05) is 30.3 Å². The van der Waals surface area contributed by atoms with Gasteiger partial charge in [0.2, 0.25) is 0 Å². The molecule has 0 aromatic heterocycles. The van der Waals surface area contributed by atoms with E-state index in [0.29, 0.717) is 15.8 Å². The van der Waals surface area contributed by atoms with Crippen LogP contribution in [0.1, 0.15) is 27.8 Å². The van der Waals surface area contributed by atoms with Crippen LogP contribution in [0.3, 0.4) is 0 Å². The Morgan fingerprint density at radius 1 is 1.08 bits per heavy atom. The molecule has 0 aliphatic carbocycles. The van der Waals surface area contributed by atoms with Crippen molar-refractivity contribution < 1.29 is 9.53 Å². The summed E-state index contributed by atoms with van der Waals surface area (Å²) in [7, 11) is 0. The molecule has 3 nitrogen and oxygen atoms in total. The molecule has 1 aliphatic rings. The number of ether oxygens (including phenoxy) is 1. The maximum atomic E-state index is 11.7. The second kappa shape index (κ2) is 7.42. The average molecular weight is 370 g/mol. The van der Waals surface area contributed by atoms with Crippen LogP contribution < -0.4 is 10.1 Å². The van der Waals surface area contributed by atoms with Crippen LogP contribution in [0.2, 0.25) is 0 Å². The Balaban J connectivity index is 1.67. The minimum absolute atomic E-state index is 0.138. The van der Waals surface area contributed by atoms with Gasteiger partial charge in [-0.15, -0.1) is 0 Å². The zero-order valence-electron chi connectivity index (χ0n) is 14.4. The number of hydrogen-bond acceptors (Lipinski definition) is 4. The Bertz CT molecular complexity index is 870. The molecule has 1 fully saturated rings. The smallest absolute Gasteiger partial charge is 0.263 e. The van der Waals surface area contributed by atoms with Crippen molar-refractivity contribution in [2.75, 3.05) is 0 Å². The number of hydrogen-bond donors (Lipinski definition) is 1. The summed E-state index contributed by atoms with van der Waals surface area (Å²) in [6.07, 6.45) is 1.83. The van der Waals surface area contributed by atoms with E-state index >= 15 is 0 Å². The Hall–Kier alpha value is -2.11. The van der Waals surface area contributed by atoms with Crippen LogP contribution in [0.4, 0.5) is 0 Å². The summed E-state index contributed by atoms with van der Waals surface area (Å²) in [5, 5.41) is 2.61. The number of nitrogens with one attached hydrogen (secondary N) is 1. The molecule has 1 aliphatic heterocycles. The van der Waals surface area contributed by atoms with Crippen LogP contribution in [0, 0.1) is 20.8 Å². The van der Waals surface area contributed by atoms with Crippen molar-refractivity contribution in [1.82, 2.24) is 5.32 Å². The van der Waals surface area contributed by atoms with Gasteiger partial charge >= 0.3 is 0 Å². The van der Waals surface area contributed by atoms with E-state index in [1.54, 1.807) is 0 Å². The first-order valence-corrected chi connectivity index (χ1v) is 9.19. The molecular weight excluding hydrogens is 350 g/mol. The van der Waals surface area contributed by atoms with E-state index in [4.69, 9.17) is 17.0 Å². The van der Waals surface area contributed by atoms with E-state index in [9.17, 15) is 4.79 Å². The summed E-state index contributed by atoms with van der Waals surface area (Å²) >= 11 is 6.27. The number of carbonyl (C=O) groups is 1. The van der Waals surface area contributed by atoms with Crippen molar-refractivity contribution in [3.05, 3.63) is 69.1 Å². The van der Waals surface area contributed by atoms with Gasteiger partial charge in [-0.2, -0.15) is 0 Å². The molecule has 2 aromatic carbocycles. The van der Waals surface area contributed by atoms with Gasteiger partial charge < -0.3 is 10.1 Å². The van der Waals surface area contributed by atoms with Gasteiger partial charge in [-0.3, -0.25) is 4.79 Å². The van der Waals surface area contributed by atoms with Crippen molar-refractivity contribution in [3.8, 4) is 5.75 Å². The monoisotopic (exact) mass is 369 g/mol. The fraction of sp³-hybridized carbons (Fsp3) is 0.200. The SMILES string of the molecule is Cc1cc(C)c(COc2ccc(/C=C3/SC(=S)NC3=O)cc2)cc1C. The predicted molar refractivity (Wildman–Crippen MR) is 108 cm³/mol. The zero-order chi connectivity index (χ0) is 18.0. The van der Waals surface area contributed by atoms with Gasteiger partial charge in [0, 0.05) is 0 Å². The highest BCUT2D eigenvalue weighted by atomic mass is 32.2. The van der Waals surface area contributed by atoms with Gasteiger partial charge in [-0.1, -0.05) is 48.2 Å². The largest absolute Gasteiger partial charge is 0.489 e. The number of amides is 1. The van der Waals surface area contributed by atoms with Gasteiger partial charge in [0.1, 0.15) is 16.7 Å². The molecule has 2 aromatic rings. The number of aryl methyl sites for hydroxylation is 3. The molecule has 0 atom stereocenters. The highest BCUT2D eigenvalue weighted by Gasteiger charge is 2.21. The molecule has 1 saturated heterocycles. The molecule has 128 valence electrons. The molecule has 1 heterocycles. The number of carbonyl (C=O) groups excluding carboxylic acids is 1. The summed E-state index contributed by atoms with van der Waals surface area (Å²) in [6.45, 7) is 6.88. The molecule has 0 unspecified atom stereocenters. The maximum Gasteiger partial charge on any atom is 0.263 e. The topological polar surface area (TPSA) is 38.3 Å². The molecule has 0 spiro atoms. The zero-order valence-corrected chi connectivity index (χ0v) is 16.0. The second-order valence-electron chi connectivity index (χ2n) is 6.07. The third-order valence-corrected chi connectivity index (χ3v) is 5.33. The third kappa shape index (κ3) is 4.30. The lowest BCUT2D eigenvalue weighted by molar-refractivity contribution is -0.115. The molecule has 0 bridgehead atoms. The summed E-state index contributed by atoms with van der Waals surface area (Å²) in [5.74, 6) is 0.666. The van der Waals surface area contributed by atoms with Crippen LogP contribution >= 0.6 is 24.0 Å². The summed E-state index contributed by atoms with van der Waals surface area (Å²) in [5.41, 5.74) is 5.95. The van der Waals surface area contributed by atoms with Crippen molar-refractivity contribution in [2.24, 2.45) is 0 Å². The third-order valence-electron chi connectivity index (χ3n) is 4.17. The van der Waals surface area contributed by atoms with Gasteiger partial charge in [-0.25, -0.2) is 0 Å². The molecule has 25 heavy (non-hydrogen) atoms. The number of thiocarbonyl (C=S) groups is 1. The van der Waals surface area contributed by atoms with Crippen molar-refractivity contribution >= 4 is 40.3 Å². The van der Waals surface area contributed by atoms with E-state index < -0.39 is 0 Å². The first kappa shape index (κ1) is 17.7. The Kier molecular flexibility index (Phi) is 5.25. The Morgan fingerprint density at radius 3 is 2.40 bits per heavy atom. The summed E-state index contributed by atoms with van der Waals surface area (Å²) in [6, 6.07) is 12.1. The fourth-order valence-corrected chi connectivity index (χ4v) is 3.61. The van der Waals surface area contributed by atoms with Gasteiger partial charge in [0.05, 0.1) is 4.91 Å². The lowest BCUT2D eigenvalue weighted by atomic mass is 10.0. The highest BCUT2D eigenvalue weighted by molar-refractivity contribution is 8.26. The predicted octanol–water partition coefficient (Wildman–Crippen LogP) is 4.68. The molecule has 5 heteroatoms. The summed E-state index contributed by atoms with van der Waals surface area (Å²) < 4.78 is 6.40. The van der Waals surface area contributed by atoms with Crippen LogP contribution in [0.15, 0.2) is 41.3 Å². The van der Waals surface area contributed by atoms with Gasteiger partial charge in [0.25, 0.3) is 5.91 Å². The van der Waals surface area contributed by atoms with Crippen molar-refractivity contribution in [2.45, 2.75) is 27.4 Å². The van der Waals surface area contributed by atoms with E-state index in [0.717, 1.165) is 11.3 Å². The first-order valence-electron chi connectivity index (χ1n) is 7.97. The Morgan fingerprint density at radius 2 is 1.76 bits per heavy atom. The summed E-state index contributed by atoms with van der Waals surface area (Å²) in [4.78, 5) is 12.3. The van der Waals surface area contributed by atoms with Gasteiger partial charge in [0.15, 0.2) is 0 Å². The molecule has 0 radical (unpaired) electrons. The molecule has 1 N–H and O–H groups in total. The standard InChI is InChI=1S/C20H19NO2S2/c1-12-8-14(3)16(9-13(12)2)11-23-17-6-4-15(5-7-17)10-18-19(22)21-20(24)25-18/h4-10H,11H2,1-3H3,(H,21,22,24)/b18-10+. The molecular formula is C20H19NO2S2. The van der Waals surface area contributed by atoms with Crippen LogP contribution in [0.5, 0.6) is 5.75 Å². The number of benzene rings is 2. The number of rotatable bonds is 4. The van der Waals surface area contributed by atoms with Crippen LogP contribution in [-0.4, -0.2) is 10.2 Å². The van der Waals surface area contributed by atoms with E-state index in [1.165, 1.54) is 34.0 Å². The normalized spacial score (nSPS) is 15.6. The van der Waals surface area contributed by atoms with E-state index in [-0.39, 0.29) is 5.91 Å². The second-order valence-corrected chi connectivity index (χ2v) is 7.79. The van der Waals surface area contributed by atoms with E-state index in [2.05, 4.69) is 38.2 Å². The number of thioether (sulfide) groups is 1. The van der Waals surface area contributed by atoms with Crippen LogP contribution in [0.25, 0.3) is 6.08 Å². The minimum Gasteiger partial charge on any atom is -0.489 e. The van der Waals surface area contributed by atoms with Gasteiger partial charge in [-0.05, 0) is 66.8 Å². The lowest BCUT2D eigenvalue weighted by Crippen LogP contribution is -2.17. The molecule has 0 saturated carbocycles. The van der Waals surface area contributed by atoms with Crippen molar-refractivity contribution in [3.63, 3.8) is 0 Å². The molecule has 1 amide bonds. The minimum atomic E-state index is -0.138. The van der Waals surface area contributed by atoms with Crippen LogP contribution in [-0.2, 0) is 11.4 Å². The highest BCUT2D eigenvalue weighted by Crippen LogP contribution is 2.26. The lowest BCUT2D eigenvalue weighted by Gasteiger charge is -2.11. The molecule has 3 rings (SSSR count). The average Bonchev–Trinajstić information content (AvgIpc) is 2.88. The quantitative estimate of drug-likeness (QED) is 0.627.